The molecular formula is C60H56Cl6F4IN3O6. The summed E-state index contributed by atoms with van der Waals surface area (Å²) in [6.45, 7) is 7.05. The van der Waals surface area contributed by atoms with Crippen LogP contribution in [-0.2, 0) is 74.3 Å². The summed E-state index contributed by atoms with van der Waals surface area (Å²) >= 11 is 39.4. The Kier molecular flexibility index (Phi) is 21.4. The SMILES string of the molecule is CCOC(=O)C(F)(F)c1cccc2c1CCN(C(=O)Cc1c(Cl)cccc1Cl)[C@H]2C.C[C@H]1c2cccc(C(F)(F)CO)c2CCN1C(=O)Cc1c(Cl)cccc1Cl.C[C@H]1c2cccc(I)c2CCN1C(=O)Cc1c(Cl)cccc1Cl. The van der Waals surface area contributed by atoms with Crippen LogP contribution in [0.2, 0.25) is 30.1 Å². The quantitative estimate of drug-likeness (QED) is 0.0787. The van der Waals surface area contributed by atoms with Gasteiger partial charge in [-0.15, -0.1) is 0 Å². The van der Waals surface area contributed by atoms with Gasteiger partial charge in [-0.05, 0) is 162 Å². The molecular weight excluding hydrogens is 1270 g/mol. The van der Waals surface area contributed by atoms with E-state index in [0.29, 0.717) is 82.0 Å². The normalized spacial score (nSPS) is 16.7. The molecule has 80 heavy (non-hydrogen) atoms. The van der Waals surface area contributed by atoms with Crippen LogP contribution in [0.15, 0.2) is 109 Å². The minimum absolute atomic E-state index is 0.0108. The molecule has 0 unspecified atom stereocenters. The van der Waals surface area contributed by atoms with E-state index in [1.165, 1.54) is 45.9 Å². The molecule has 0 aromatic heterocycles. The average molecular weight is 1330 g/mol. The van der Waals surface area contributed by atoms with E-state index in [4.69, 9.17) is 74.7 Å². The maximum Gasteiger partial charge on any atom is 0.381 e. The third kappa shape index (κ3) is 13.9. The minimum Gasteiger partial charge on any atom is -0.461 e. The summed E-state index contributed by atoms with van der Waals surface area (Å²) in [6.07, 6.45) is 1.69. The van der Waals surface area contributed by atoms with E-state index in [2.05, 4.69) is 52.5 Å². The van der Waals surface area contributed by atoms with E-state index >= 15 is 0 Å². The van der Waals surface area contributed by atoms with Gasteiger partial charge in [-0.3, -0.25) is 14.4 Å². The molecule has 3 aliphatic heterocycles. The van der Waals surface area contributed by atoms with Crippen molar-refractivity contribution < 1.29 is 46.6 Å². The summed E-state index contributed by atoms with van der Waals surface area (Å²) in [5.74, 6) is -8.93. The molecule has 1 N–H and O–H groups in total. The maximum absolute atomic E-state index is 14.7. The molecule has 0 radical (unpaired) electrons. The third-order valence-corrected chi connectivity index (χ3v) is 17.9. The first kappa shape index (κ1) is 62.9. The Bertz CT molecular complexity index is 3240. The number of carbonyl (C=O) groups is 4. The highest BCUT2D eigenvalue weighted by atomic mass is 127. The zero-order chi connectivity index (χ0) is 58.4. The van der Waals surface area contributed by atoms with Gasteiger partial charge in [0.15, 0.2) is 0 Å². The van der Waals surface area contributed by atoms with Crippen LogP contribution in [0.5, 0.6) is 0 Å². The summed E-state index contributed by atoms with van der Waals surface area (Å²) in [4.78, 5) is 55.6. The number of esters is 1. The number of rotatable bonds is 11. The molecule has 3 heterocycles. The molecule has 3 aliphatic rings. The summed E-state index contributed by atoms with van der Waals surface area (Å²) < 4.78 is 63.4. The first-order valence-corrected chi connectivity index (χ1v) is 29.0. The number of benzene rings is 6. The third-order valence-electron chi connectivity index (χ3n) is 14.7. The Labute approximate surface area is 506 Å². The second-order valence-electron chi connectivity index (χ2n) is 19.4. The lowest BCUT2D eigenvalue weighted by Gasteiger charge is -2.37. The maximum atomic E-state index is 14.7. The van der Waals surface area contributed by atoms with Gasteiger partial charge in [-0.2, -0.15) is 17.6 Å². The Morgan fingerprint density at radius 3 is 1.20 bits per heavy atom. The minimum atomic E-state index is -3.75. The molecule has 9 nitrogen and oxygen atoms in total. The predicted octanol–water partition coefficient (Wildman–Crippen LogP) is 15.4. The number of aliphatic hydroxyl groups is 1. The van der Waals surface area contributed by atoms with E-state index in [0.717, 1.165) is 13.0 Å². The first-order chi connectivity index (χ1) is 37.9. The first-order valence-electron chi connectivity index (χ1n) is 25.7. The molecule has 0 saturated carbocycles. The Hall–Kier alpha value is -4.65. The van der Waals surface area contributed by atoms with Crippen molar-refractivity contribution in [1.82, 2.24) is 14.7 Å². The Morgan fingerprint density at radius 2 is 0.838 bits per heavy atom. The summed E-state index contributed by atoms with van der Waals surface area (Å²) in [6, 6.07) is 30.0. The fourth-order valence-corrected chi connectivity index (χ4v) is 12.9. The largest absolute Gasteiger partial charge is 0.461 e. The zero-order valence-electron chi connectivity index (χ0n) is 43.9. The van der Waals surface area contributed by atoms with Gasteiger partial charge in [0.1, 0.15) is 6.61 Å². The number of ether oxygens (including phenoxy) is 1. The molecule has 6 aromatic rings. The van der Waals surface area contributed by atoms with E-state index in [1.807, 2.05) is 11.8 Å². The van der Waals surface area contributed by atoms with Crippen LogP contribution in [-0.4, -0.2) is 76.3 Å². The Balaban J connectivity index is 0.000000175. The van der Waals surface area contributed by atoms with Crippen molar-refractivity contribution in [3.8, 4) is 0 Å². The number of hydrogen-bond acceptors (Lipinski definition) is 6. The van der Waals surface area contributed by atoms with Crippen molar-refractivity contribution in [1.29, 1.82) is 0 Å². The molecule has 0 spiro atoms. The lowest BCUT2D eigenvalue weighted by Crippen LogP contribution is -2.41. The van der Waals surface area contributed by atoms with Gasteiger partial charge < -0.3 is 24.5 Å². The number of nitrogens with zero attached hydrogens (tertiary/aromatic N) is 3. The standard InChI is InChI=1S/C22H21Cl2F2NO3.C20H19Cl2F2NO2.C18H16Cl2INO/c1-3-30-21(29)22(25,26)17-7-4-6-14-13(2)27(11-10-15(14)17)20(28)12-16-18(23)8-5-9-19(16)24;1-12-13-4-2-5-16(20(23,24)11-26)14(13)8-9-25(12)19(27)10-15-17(21)6-3-7-18(15)22;1-11-12-4-2-7-17(21)13(12)8-9-22(11)18(23)10-14-15(19)5-3-6-16(14)20/h4-9,13H,3,10-12H2,1-2H3;2-7,12,26H,8-11H2,1H3;2-7,11H,8-10H2,1H3/t13-;12-;11-/m000/s1. The fourth-order valence-electron chi connectivity index (χ4n) is 10.5. The van der Waals surface area contributed by atoms with Crippen molar-refractivity contribution in [2.24, 2.45) is 0 Å². The monoisotopic (exact) mass is 1330 g/mol. The van der Waals surface area contributed by atoms with Crippen molar-refractivity contribution in [3.05, 3.63) is 204 Å². The van der Waals surface area contributed by atoms with Crippen LogP contribution >= 0.6 is 92.2 Å². The van der Waals surface area contributed by atoms with Crippen molar-refractivity contribution >= 4 is 116 Å². The molecule has 20 heteroatoms. The fraction of sp³-hybridized carbons (Fsp3) is 0.333. The predicted molar refractivity (Wildman–Crippen MR) is 316 cm³/mol. The van der Waals surface area contributed by atoms with Crippen LogP contribution in [0, 0.1) is 3.57 Å². The van der Waals surface area contributed by atoms with Gasteiger partial charge in [0, 0.05) is 64.5 Å². The second-order valence-corrected chi connectivity index (χ2v) is 23.0. The summed E-state index contributed by atoms with van der Waals surface area (Å²) in [7, 11) is 0. The van der Waals surface area contributed by atoms with Crippen LogP contribution in [0.3, 0.4) is 0 Å². The number of aliphatic hydroxyl groups excluding tert-OH is 1. The highest BCUT2D eigenvalue weighted by molar-refractivity contribution is 14.1. The Morgan fingerprint density at radius 1 is 0.525 bits per heavy atom. The molecule has 0 bridgehead atoms. The topological polar surface area (TPSA) is 107 Å². The van der Waals surface area contributed by atoms with Crippen molar-refractivity contribution in [2.75, 3.05) is 32.8 Å². The second kappa shape index (κ2) is 27.2. The van der Waals surface area contributed by atoms with E-state index in [1.54, 1.807) is 83.5 Å². The number of hydrogen-bond donors (Lipinski definition) is 1. The molecule has 0 fully saturated rings. The molecule has 424 valence electrons. The number of halogens is 11. The molecule has 9 rings (SSSR count). The number of carbonyl (C=O) groups excluding carboxylic acids is 4. The van der Waals surface area contributed by atoms with Crippen molar-refractivity contribution in [3.63, 3.8) is 0 Å². The van der Waals surface area contributed by atoms with Gasteiger partial charge in [0.2, 0.25) is 17.7 Å². The molecule has 0 aliphatic carbocycles. The number of fused-ring (bicyclic) bond motifs is 3. The average Bonchev–Trinajstić information content (AvgIpc) is 3.45. The molecule has 3 atom stereocenters. The molecule has 0 saturated heterocycles. The van der Waals surface area contributed by atoms with Gasteiger partial charge in [-0.25, -0.2) is 4.79 Å². The van der Waals surface area contributed by atoms with Gasteiger partial charge in [0.25, 0.3) is 5.92 Å². The number of amides is 3. The number of alkyl halides is 4. The summed E-state index contributed by atoms with van der Waals surface area (Å²) in [5.41, 5.74) is 6.00. The lowest BCUT2D eigenvalue weighted by molar-refractivity contribution is -0.173. The highest BCUT2D eigenvalue weighted by Crippen LogP contribution is 2.42. The van der Waals surface area contributed by atoms with Crippen LogP contribution in [0.25, 0.3) is 0 Å². The van der Waals surface area contributed by atoms with Gasteiger partial charge in [0.05, 0.1) is 44.0 Å². The van der Waals surface area contributed by atoms with Crippen LogP contribution in [0.4, 0.5) is 17.6 Å². The van der Waals surface area contributed by atoms with E-state index < -0.39 is 30.5 Å². The lowest BCUT2D eigenvalue weighted by atomic mass is 9.87. The smallest absolute Gasteiger partial charge is 0.381 e. The molecule has 3 amide bonds. The van der Waals surface area contributed by atoms with Crippen LogP contribution < -0.4 is 0 Å². The van der Waals surface area contributed by atoms with E-state index in [9.17, 15) is 36.7 Å². The van der Waals surface area contributed by atoms with Gasteiger partial charge >= 0.3 is 11.9 Å². The molecule has 6 aromatic carbocycles. The van der Waals surface area contributed by atoms with E-state index in [-0.39, 0.29) is 79.8 Å². The highest BCUT2D eigenvalue weighted by Gasteiger charge is 2.46. The zero-order valence-corrected chi connectivity index (χ0v) is 50.6. The van der Waals surface area contributed by atoms with Crippen molar-refractivity contribution in [2.45, 2.75) is 96.2 Å². The van der Waals surface area contributed by atoms with Crippen LogP contribution in [0.1, 0.15) is 107 Å². The van der Waals surface area contributed by atoms with Gasteiger partial charge in [-0.1, -0.05) is 136 Å². The summed E-state index contributed by atoms with van der Waals surface area (Å²) in [5, 5.41) is 11.8.